The Bertz CT molecular complexity index is 1640. The van der Waals surface area contributed by atoms with E-state index in [0.29, 0.717) is 19.7 Å². The largest absolute Gasteiger partial charge is 0.353 e. The summed E-state index contributed by atoms with van der Waals surface area (Å²) in [5.41, 5.74) is 7.70. The summed E-state index contributed by atoms with van der Waals surface area (Å²) in [5, 5.41) is 11.4. The van der Waals surface area contributed by atoms with E-state index in [9.17, 15) is 9.59 Å². The molecule has 3 aromatic carbocycles. The van der Waals surface area contributed by atoms with E-state index in [1.807, 2.05) is 71.8 Å². The number of nitrogens with one attached hydrogen (secondary N) is 1. The number of carbonyl (C=O) groups excluding carboxylic acids is 2. The van der Waals surface area contributed by atoms with Crippen molar-refractivity contribution >= 4 is 29.2 Å². The summed E-state index contributed by atoms with van der Waals surface area (Å²) in [4.78, 5) is 28.1. The van der Waals surface area contributed by atoms with E-state index in [1.54, 1.807) is 4.68 Å². The maximum atomic E-state index is 13.5. The van der Waals surface area contributed by atoms with Gasteiger partial charge < -0.3 is 19.7 Å². The number of ether oxygens (including phenoxy) is 2. The predicted molar refractivity (Wildman–Crippen MR) is 168 cm³/mol. The molecule has 6 rings (SSSR count). The quantitative estimate of drug-likeness (QED) is 0.264. The van der Waals surface area contributed by atoms with Crippen LogP contribution in [0, 0.1) is 0 Å². The second-order valence-corrected chi connectivity index (χ2v) is 11.2. The van der Waals surface area contributed by atoms with E-state index in [2.05, 4.69) is 40.8 Å². The smallest absolute Gasteiger partial charge is 0.227 e. The van der Waals surface area contributed by atoms with E-state index >= 15 is 0 Å². The van der Waals surface area contributed by atoms with Crippen molar-refractivity contribution in [1.29, 1.82) is 0 Å². The minimum Gasteiger partial charge on any atom is -0.353 e. The van der Waals surface area contributed by atoms with E-state index in [0.717, 1.165) is 70.8 Å². The molecule has 2 aliphatic heterocycles. The van der Waals surface area contributed by atoms with Crippen LogP contribution in [0.2, 0.25) is 0 Å². The lowest BCUT2D eigenvalue weighted by Gasteiger charge is -2.28. The van der Waals surface area contributed by atoms with Gasteiger partial charge in [0.25, 0.3) is 0 Å². The zero-order valence-electron chi connectivity index (χ0n) is 24.9. The number of carbonyl (C=O) groups is 2. The van der Waals surface area contributed by atoms with Crippen molar-refractivity contribution < 1.29 is 19.1 Å². The first-order valence-corrected chi connectivity index (χ1v) is 15.2. The maximum Gasteiger partial charge on any atom is 0.227 e. The summed E-state index contributed by atoms with van der Waals surface area (Å²) in [5.74, 6) is -0.243. The van der Waals surface area contributed by atoms with Gasteiger partial charge in [-0.2, -0.15) is 0 Å². The molecule has 1 N–H and O–H groups in total. The van der Waals surface area contributed by atoms with E-state index < -0.39 is 0 Å². The molecule has 1 unspecified atom stereocenters. The van der Waals surface area contributed by atoms with E-state index in [4.69, 9.17) is 9.47 Å². The van der Waals surface area contributed by atoms with Crippen LogP contribution in [-0.4, -0.2) is 39.7 Å². The first-order chi connectivity index (χ1) is 21.5. The number of fused-ring (bicyclic) bond motifs is 2. The van der Waals surface area contributed by atoms with Crippen LogP contribution in [0.3, 0.4) is 0 Å². The Balaban J connectivity index is 1.01. The molecule has 9 heteroatoms. The van der Waals surface area contributed by atoms with Crippen LogP contribution in [0.4, 0.5) is 5.69 Å². The molecule has 0 spiro atoms. The predicted octanol–water partition coefficient (Wildman–Crippen LogP) is 5.81. The summed E-state index contributed by atoms with van der Waals surface area (Å²) < 4.78 is 13.1. The molecule has 0 radical (unpaired) electrons. The standard InChI is InChI=1S/C35H37N5O4/c1-25-20-27-8-2-3-9-28(27)22-39(32-11-5-4-10-31(25)32)34(42)18-17-33(41)36-21-26-13-15-30(16-14-26)40-23-29(37-38-40)24-44-35-12-6-7-19-43-35/h2-5,8-11,13-16,20,23,35H,6-7,12,17-19,21-22,24H2,1H3,(H,36,41)/b25-20-. The molecule has 0 saturated carbocycles. The Hall–Kier alpha value is -4.60. The number of anilines is 1. The lowest BCUT2D eigenvalue weighted by Crippen LogP contribution is -2.33. The van der Waals surface area contributed by atoms with Gasteiger partial charge >= 0.3 is 0 Å². The van der Waals surface area contributed by atoms with Crippen LogP contribution in [0.5, 0.6) is 0 Å². The highest BCUT2D eigenvalue weighted by Gasteiger charge is 2.23. The van der Waals surface area contributed by atoms with Crippen LogP contribution in [-0.2, 0) is 38.8 Å². The number of benzene rings is 3. The molecule has 2 aliphatic rings. The highest BCUT2D eigenvalue weighted by atomic mass is 16.7. The van der Waals surface area contributed by atoms with Crippen LogP contribution in [0.25, 0.3) is 17.3 Å². The summed E-state index contributed by atoms with van der Waals surface area (Å²) in [6, 6.07) is 23.8. The van der Waals surface area contributed by atoms with Crippen LogP contribution < -0.4 is 10.2 Å². The van der Waals surface area contributed by atoms with Crippen molar-refractivity contribution in [3.8, 4) is 5.69 Å². The monoisotopic (exact) mass is 591 g/mol. The molecule has 3 heterocycles. The van der Waals surface area contributed by atoms with Gasteiger partial charge in [-0.1, -0.05) is 65.9 Å². The van der Waals surface area contributed by atoms with Crippen molar-refractivity contribution in [3.63, 3.8) is 0 Å². The molecule has 0 aliphatic carbocycles. The Kier molecular flexibility index (Phi) is 9.24. The Morgan fingerprint density at radius 1 is 1.00 bits per heavy atom. The fourth-order valence-corrected chi connectivity index (χ4v) is 5.57. The summed E-state index contributed by atoms with van der Waals surface area (Å²) in [6.45, 7) is 3.99. The second kappa shape index (κ2) is 13.8. The van der Waals surface area contributed by atoms with Gasteiger partial charge in [0.1, 0.15) is 5.69 Å². The summed E-state index contributed by atoms with van der Waals surface area (Å²) >= 11 is 0. The highest BCUT2D eigenvalue weighted by molar-refractivity contribution is 6.00. The van der Waals surface area contributed by atoms with Crippen LogP contribution in [0.1, 0.15) is 67.0 Å². The van der Waals surface area contributed by atoms with Gasteiger partial charge in [0.2, 0.25) is 11.8 Å². The van der Waals surface area contributed by atoms with Crippen molar-refractivity contribution in [2.75, 3.05) is 11.5 Å². The van der Waals surface area contributed by atoms with Gasteiger partial charge in [0.05, 0.1) is 30.7 Å². The van der Waals surface area contributed by atoms with Crippen LogP contribution in [0.15, 0.2) is 79.0 Å². The third-order valence-electron chi connectivity index (χ3n) is 8.03. The zero-order chi connectivity index (χ0) is 30.3. The van der Waals surface area contributed by atoms with Gasteiger partial charge in [-0.3, -0.25) is 9.59 Å². The van der Waals surface area contributed by atoms with Gasteiger partial charge in [-0.25, -0.2) is 4.68 Å². The first-order valence-electron chi connectivity index (χ1n) is 15.2. The third kappa shape index (κ3) is 7.12. The SMILES string of the molecule is C/C1=C/c2ccccc2CN(C(=O)CCC(=O)NCc2ccc(-n3cc(COC4CCCCO4)nn3)cc2)c2ccccc21. The number of hydrogen-bond acceptors (Lipinski definition) is 6. The molecule has 2 amide bonds. The molecule has 1 saturated heterocycles. The molecule has 1 atom stereocenters. The summed E-state index contributed by atoms with van der Waals surface area (Å²) in [6.07, 6.45) is 7.18. The Morgan fingerprint density at radius 3 is 2.66 bits per heavy atom. The molecule has 44 heavy (non-hydrogen) atoms. The normalized spacial score (nSPS) is 17.4. The van der Waals surface area contributed by atoms with Gasteiger partial charge in [-0.15, -0.1) is 5.10 Å². The number of rotatable bonds is 9. The highest BCUT2D eigenvalue weighted by Crippen LogP contribution is 2.33. The number of hydrogen-bond donors (Lipinski definition) is 1. The topological polar surface area (TPSA) is 98.6 Å². The molecule has 9 nitrogen and oxygen atoms in total. The number of para-hydroxylation sites is 1. The number of allylic oxidation sites excluding steroid dienone is 1. The van der Waals surface area contributed by atoms with Gasteiger partial charge in [0.15, 0.2) is 6.29 Å². The lowest BCUT2D eigenvalue weighted by atomic mass is 9.96. The third-order valence-corrected chi connectivity index (χ3v) is 8.03. The average Bonchev–Trinajstić information content (AvgIpc) is 3.54. The van der Waals surface area contributed by atoms with Crippen molar-refractivity contribution in [2.24, 2.45) is 0 Å². The molecule has 0 bridgehead atoms. The average molecular weight is 592 g/mol. The van der Waals surface area contributed by atoms with E-state index in [-0.39, 0.29) is 30.9 Å². The fraction of sp³-hybridized carbons (Fsp3) is 0.314. The fourth-order valence-electron chi connectivity index (χ4n) is 5.57. The minimum atomic E-state index is -0.170. The van der Waals surface area contributed by atoms with Crippen molar-refractivity contribution in [1.82, 2.24) is 20.3 Å². The molecule has 226 valence electrons. The molecular weight excluding hydrogens is 554 g/mol. The van der Waals surface area contributed by atoms with Crippen molar-refractivity contribution in [3.05, 3.63) is 107 Å². The van der Waals surface area contributed by atoms with E-state index in [1.165, 1.54) is 0 Å². The number of aromatic nitrogens is 3. The number of amides is 2. The summed E-state index contributed by atoms with van der Waals surface area (Å²) in [7, 11) is 0. The first kappa shape index (κ1) is 29.5. The lowest BCUT2D eigenvalue weighted by molar-refractivity contribution is -0.169. The Labute approximate surface area is 257 Å². The van der Waals surface area contributed by atoms with Gasteiger partial charge in [-0.05, 0) is 66.6 Å². The molecular formula is C35H37N5O4. The van der Waals surface area contributed by atoms with Gasteiger partial charge in [0, 0.05) is 31.6 Å². The minimum absolute atomic E-state index is 0.0784. The Morgan fingerprint density at radius 2 is 1.82 bits per heavy atom. The molecule has 1 aromatic heterocycles. The van der Waals surface area contributed by atoms with Crippen LogP contribution >= 0.6 is 0 Å². The molecule has 4 aromatic rings. The zero-order valence-corrected chi connectivity index (χ0v) is 24.9. The number of nitrogens with zero attached hydrogens (tertiary/aromatic N) is 4. The molecule has 1 fully saturated rings. The second-order valence-electron chi connectivity index (χ2n) is 11.2. The van der Waals surface area contributed by atoms with Crippen molar-refractivity contribution in [2.45, 2.75) is 65.0 Å². The maximum absolute atomic E-state index is 13.5.